The van der Waals surface area contributed by atoms with E-state index in [9.17, 15) is 0 Å². The number of nitrogens with two attached hydrogens (primary N) is 2. The van der Waals surface area contributed by atoms with Crippen molar-refractivity contribution in [1.82, 2.24) is 0 Å². The minimum atomic E-state index is -0.283. The van der Waals surface area contributed by atoms with Crippen LogP contribution in [0.2, 0.25) is 0 Å². The highest BCUT2D eigenvalue weighted by molar-refractivity contribution is 5.61. The first-order chi connectivity index (χ1) is 8.52. The average Bonchev–Trinajstić information content (AvgIpc) is 2.42. The minimum absolute atomic E-state index is 0.283. The Balaban J connectivity index is 0. The van der Waals surface area contributed by atoms with Gasteiger partial charge in [0.15, 0.2) is 0 Å². The van der Waals surface area contributed by atoms with Crippen molar-refractivity contribution in [3.8, 4) is 0 Å². The lowest BCUT2D eigenvalue weighted by Crippen LogP contribution is -2.17. The van der Waals surface area contributed by atoms with Crippen LogP contribution in [0.5, 0.6) is 0 Å². The molecule has 0 aliphatic heterocycles. The van der Waals surface area contributed by atoms with Crippen molar-refractivity contribution in [3.63, 3.8) is 0 Å². The van der Waals surface area contributed by atoms with Crippen LogP contribution in [0, 0.1) is 0 Å². The summed E-state index contributed by atoms with van der Waals surface area (Å²) in [5.41, 5.74) is 15.0. The molecular weight excluding hydrogens is 220 g/mol. The monoisotopic (exact) mass is 248 g/mol. The van der Waals surface area contributed by atoms with Gasteiger partial charge >= 0.3 is 0 Å². The lowest BCUT2D eigenvalue weighted by molar-refractivity contribution is 0.837. The quantitative estimate of drug-likeness (QED) is 0.840. The fourth-order valence-corrected chi connectivity index (χ4v) is 1.19. The Labute approximate surface area is 112 Å². The standard InChI is InChI=1S/C12H16N2.2C2H6/c1-8(2)10-4-6-11(7-5-10)12(14)9(3)13;2*1-2/h4-7,12H,1,3,13-14H2,2H3;2*1-2H3. The maximum Gasteiger partial charge on any atom is 0.0692 e. The molecule has 0 heterocycles. The Bertz CT molecular complexity index is 350. The predicted molar refractivity (Wildman–Crippen MR) is 84.1 cm³/mol. The third kappa shape index (κ3) is 6.26. The zero-order chi connectivity index (χ0) is 14.7. The van der Waals surface area contributed by atoms with Gasteiger partial charge in [-0.2, -0.15) is 0 Å². The first kappa shape index (κ1) is 18.8. The van der Waals surface area contributed by atoms with Crippen molar-refractivity contribution in [3.05, 3.63) is 54.2 Å². The van der Waals surface area contributed by atoms with Crippen LogP contribution in [0.3, 0.4) is 0 Å². The molecule has 0 saturated carbocycles. The molecule has 102 valence electrons. The zero-order valence-corrected chi connectivity index (χ0v) is 12.5. The second-order valence-corrected chi connectivity index (χ2v) is 3.45. The first-order valence-corrected chi connectivity index (χ1v) is 6.48. The molecule has 0 aliphatic carbocycles. The van der Waals surface area contributed by atoms with E-state index in [4.69, 9.17) is 11.5 Å². The minimum Gasteiger partial charge on any atom is -0.401 e. The van der Waals surface area contributed by atoms with Crippen LogP contribution >= 0.6 is 0 Å². The van der Waals surface area contributed by atoms with Gasteiger partial charge in [-0.05, 0) is 18.1 Å². The normalized spacial score (nSPS) is 10.1. The van der Waals surface area contributed by atoms with Crippen LogP contribution in [-0.2, 0) is 0 Å². The third-order valence-electron chi connectivity index (χ3n) is 2.16. The highest BCUT2D eigenvalue weighted by atomic mass is 14.7. The number of hydrogen-bond acceptors (Lipinski definition) is 2. The summed E-state index contributed by atoms with van der Waals surface area (Å²) in [6, 6.07) is 7.59. The van der Waals surface area contributed by atoms with Gasteiger partial charge in [-0.3, -0.25) is 0 Å². The Hall–Kier alpha value is -1.54. The van der Waals surface area contributed by atoms with Crippen LogP contribution in [0.15, 0.2) is 43.1 Å². The molecule has 2 heteroatoms. The van der Waals surface area contributed by atoms with E-state index in [2.05, 4.69) is 13.2 Å². The van der Waals surface area contributed by atoms with E-state index in [0.717, 1.165) is 16.7 Å². The van der Waals surface area contributed by atoms with Crippen molar-refractivity contribution in [1.29, 1.82) is 0 Å². The molecule has 0 amide bonds. The summed E-state index contributed by atoms with van der Waals surface area (Å²) >= 11 is 0. The zero-order valence-electron chi connectivity index (χ0n) is 12.5. The Morgan fingerprint density at radius 2 is 1.39 bits per heavy atom. The molecule has 1 rings (SSSR count). The largest absolute Gasteiger partial charge is 0.401 e. The summed E-state index contributed by atoms with van der Waals surface area (Å²) < 4.78 is 0. The summed E-state index contributed by atoms with van der Waals surface area (Å²) in [6.45, 7) is 17.5. The van der Waals surface area contributed by atoms with Gasteiger partial charge < -0.3 is 11.5 Å². The van der Waals surface area contributed by atoms with Gasteiger partial charge in [-0.1, -0.05) is 70.7 Å². The predicted octanol–water partition coefficient (Wildman–Crippen LogP) is 4.24. The maximum atomic E-state index is 5.82. The fourth-order valence-electron chi connectivity index (χ4n) is 1.19. The van der Waals surface area contributed by atoms with Crippen LogP contribution in [0.4, 0.5) is 0 Å². The molecule has 1 unspecified atom stereocenters. The van der Waals surface area contributed by atoms with E-state index in [0.29, 0.717) is 5.70 Å². The topological polar surface area (TPSA) is 52.0 Å². The second-order valence-electron chi connectivity index (χ2n) is 3.45. The van der Waals surface area contributed by atoms with E-state index >= 15 is 0 Å². The summed E-state index contributed by atoms with van der Waals surface area (Å²) in [7, 11) is 0. The van der Waals surface area contributed by atoms with Gasteiger partial charge in [0, 0.05) is 5.70 Å². The lowest BCUT2D eigenvalue weighted by Gasteiger charge is -2.11. The van der Waals surface area contributed by atoms with Gasteiger partial charge in [0.1, 0.15) is 0 Å². The molecule has 0 bridgehead atoms. The fraction of sp³-hybridized carbons (Fsp3) is 0.375. The van der Waals surface area contributed by atoms with Crippen molar-refractivity contribution in [2.75, 3.05) is 0 Å². The van der Waals surface area contributed by atoms with Gasteiger partial charge in [-0.15, -0.1) is 0 Å². The number of allylic oxidation sites excluding steroid dienone is 1. The van der Waals surface area contributed by atoms with Crippen LogP contribution < -0.4 is 11.5 Å². The molecule has 0 fully saturated rings. The van der Waals surface area contributed by atoms with Gasteiger partial charge in [0.25, 0.3) is 0 Å². The van der Waals surface area contributed by atoms with Crippen molar-refractivity contribution in [2.45, 2.75) is 40.7 Å². The number of benzene rings is 1. The summed E-state index contributed by atoms with van der Waals surface area (Å²) in [4.78, 5) is 0. The third-order valence-corrected chi connectivity index (χ3v) is 2.16. The highest BCUT2D eigenvalue weighted by Gasteiger charge is 2.06. The molecule has 2 nitrogen and oxygen atoms in total. The van der Waals surface area contributed by atoms with E-state index in [1.165, 1.54) is 0 Å². The molecule has 0 spiro atoms. The Kier molecular flexibility index (Phi) is 11.1. The van der Waals surface area contributed by atoms with Crippen LogP contribution in [0.25, 0.3) is 5.57 Å². The lowest BCUT2D eigenvalue weighted by atomic mass is 10.0. The highest BCUT2D eigenvalue weighted by Crippen LogP contribution is 2.18. The maximum absolute atomic E-state index is 5.82. The molecule has 1 aromatic rings. The molecule has 0 aliphatic rings. The molecule has 1 atom stereocenters. The molecule has 0 saturated heterocycles. The molecule has 4 N–H and O–H groups in total. The summed E-state index contributed by atoms with van der Waals surface area (Å²) in [6.07, 6.45) is 0. The van der Waals surface area contributed by atoms with Gasteiger partial charge in [0.2, 0.25) is 0 Å². The Morgan fingerprint density at radius 3 is 1.67 bits per heavy atom. The van der Waals surface area contributed by atoms with E-state index in [1.807, 2.05) is 58.9 Å². The second kappa shape index (κ2) is 10.6. The molecule has 0 aromatic heterocycles. The Morgan fingerprint density at radius 1 is 1.00 bits per heavy atom. The molecule has 1 aromatic carbocycles. The van der Waals surface area contributed by atoms with Crippen molar-refractivity contribution in [2.24, 2.45) is 11.5 Å². The van der Waals surface area contributed by atoms with E-state index in [-0.39, 0.29) is 6.04 Å². The van der Waals surface area contributed by atoms with E-state index in [1.54, 1.807) is 0 Å². The summed E-state index contributed by atoms with van der Waals surface area (Å²) in [5, 5.41) is 0. The molecular formula is C16H28N2. The van der Waals surface area contributed by atoms with Crippen LogP contribution in [-0.4, -0.2) is 0 Å². The molecule has 0 radical (unpaired) electrons. The smallest absolute Gasteiger partial charge is 0.0692 e. The first-order valence-electron chi connectivity index (χ1n) is 6.48. The van der Waals surface area contributed by atoms with Gasteiger partial charge in [-0.25, -0.2) is 0 Å². The SMILES string of the molecule is C=C(C)c1ccc(C(N)C(=C)N)cc1.CC.CC. The van der Waals surface area contributed by atoms with Crippen molar-refractivity contribution < 1.29 is 0 Å². The van der Waals surface area contributed by atoms with Crippen molar-refractivity contribution >= 4 is 5.57 Å². The summed E-state index contributed by atoms with van der Waals surface area (Å²) in [5.74, 6) is 0. The van der Waals surface area contributed by atoms with Crippen LogP contribution in [0.1, 0.15) is 51.8 Å². The number of hydrogen-bond donors (Lipinski definition) is 2. The van der Waals surface area contributed by atoms with E-state index < -0.39 is 0 Å². The molecule has 18 heavy (non-hydrogen) atoms. The number of rotatable bonds is 3. The van der Waals surface area contributed by atoms with Gasteiger partial charge in [0.05, 0.1) is 6.04 Å². The average molecular weight is 248 g/mol.